The minimum Gasteiger partial charge on any atom is -0.346 e. The highest BCUT2D eigenvalue weighted by Gasteiger charge is 2.35. The van der Waals surface area contributed by atoms with Crippen LogP contribution in [0.15, 0.2) is 17.6 Å². The second kappa shape index (κ2) is 5.44. The van der Waals surface area contributed by atoms with Crippen LogP contribution in [-0.2, 0) is 0 Å². The van der Waals surface area contributed by atoms with Gasteiger partial charge in [0.2, 0.25) is 0 Å². The van der Waals surface area contributed by atoms with Crippen molar-refractivity contribution in [3.63, 3.8) is 0 Å². The Morgan fingerprint density at radius 3 is 2.91 bits per heavy atom. The van der Waals surface area contributed by atoms with Gasteiger partial charge in [0.05, 0.1) is 4.70 Å². The summed E-state index contributed by atoms with van der Waals surface area (Å²) in [5.41, 5.74) is 1.02. The molecule has 6 heteroatoms. The molecule has 5 heterocycles. The topological polar surface area (TPSA) is 62.3 Å². The van der Waals surface area contributed by atoms with Crippen molar-refractivity contribution >= 4 is 33.6 Å². The van der Waals surface area contributed by atoms with E-state index in [0.29, 0.717) is 17.2 Å². The van der Waals surface area contributed by atoms with Crippen molar-refractivity contribution in [1.82, 2.24) is 15.2 Å². The molecule has 114 valence electrons. The molecule has 5 rings (SSSR count). The van der Waals surface area contributed by atoms with Crippen LogP contribution in [0.4, 0.5) is 0 Å². The van der Waals surface area contributed by atoms with Crippen LogP contribution >= 0.6 is 11.3 Å². The van der Waals surface area contributed by atoms with Crippen LogP contribution in [0.3, 0.4) is 0 Å². The minimum absolute atomic E-state index is 0.135. The van der Waals surface area contributed by atoms with Crippen LogP contribution < -0.4 is 5.32 Å². The number of carbonyl (C=O) groups excluding carboxylic acids is 2. The predicted octanol–water partition coefficient (Wildman–Crippen LogP) is 1.93. The molecule has 0 spiro atoms. The molecular weight excluding hydrogens is 298 g/mol. The van der Waals surface area contributed by atoms with Gasteiger partial charge in [-0.05, 0) is 37.9 Å². The van der Waals surface area contributed by atoms with Gasteiger partial charge >= 0.3 is 0 Å². The van der Waals surface area contributed by atoms with Gasteiger partial charge in [-0.15, -0.1) is 11.3 Å². The molecule has 0 unspecified atom stereocenters. The summed E-state index contributed by atoms with van der Waals surface area (Å²) in [6.45, 7) is 3.24. The molecule has 2 aromatic rings. The molecule has 3 saturated heterocycles. The molecule has 0 saturated carbocycles. The van der Waals surface area contributed by atoms with Crippen molar-refractivity contribution in [3.8, 4) is 0 Å². The Hall–Kier alpha value is -1.79. The average Bonchev–Trinajstić information content (AvgIpc) is 2.98. The Kier molecular flexibility index (Phi) is 3.43. The van der Waals surface area contributed by atoms with Gasteiger partial charge in [-0.3, -0.25) is 9.59 Å². The number of nitrogens with zero attached hydrogens (tertiary/aromatic N) is 2. The largest absolute Gasteiger partial charge is 0.346 e. The third-order valence-electron chi connectivity index (χ3n) is 4.82. The first-order chi connectivity index (χ1) is 10.7. The van der Waals surface area contributed by atoms with E-state index >= 15 is 0 Å². The van der Waals surface area contributed by atoms with Gasteiger partial charge in [-0.1, -0.05) is 0 Å². The smallest absolute Gasteiger partial charge is 0.270 e. The number of hydrogen-bond acceptors (Lipinski definition) is 5. The number of fused-ring (bicyclic) bond motifs is 4. The standard InChI is InChI=1S/C16H17N3O2S/c20-8-11-9-22-15-6-17-13(5-12(11)15)16(21)18-14-7-19-3-1-10(14)2-4-19/h5-6,8-10,14H,1-4,7H2,(H,18,21)/t14-/m0/s1. The maximum atomic E-state index is 12.5. The van der Waals surface area contributed by atoms with E-state index in [9.17, 15) is 9.59 Å². The Bertz CT molecular complexity index is 734. The van der Waals surface area contributed by atoms with Crippen LogP contribution in [0.2, 0.25) is 0 Å². The number of carbonyl (C=O) groups is 2. The minimum atomic E-state index is -0.135. The molecule has 0 aliphatic carbocycles. The fraction of sp³-hybridized carbons (Fsp3) is 0.438. The second-order valence-corrected chi connectivity index (χ2v) is 7.00. The Balaban J connectivity index is 1.56. The molecule has 3 aliphatic heterocycles. The molecule has 5 nitrogen and oxygen atoms in total. The van der Waals surface area contributed by atoms with Crippen LogP contribution in [0.1, 0.15) is 33.7 Å². The molecule has 0 aromatic carbocycles. The summed E-state index contributed by atoms with van der Waals surface area (Å²) in [5, 5.41) is 5.75. The molecule has 1 N–H and O–H groups in total. The molecule has 1 amide bonds. The molecule has 2 aromatic heterocycles. The van der Waals surface area contributed by atoms with Gasteiger partial charge in [0, 0.05) is 35.1 Å². The zero-order chi connectivity index (χ0) is 15.1. The lowest BCUT2D eigenvalue weighted by Gasteiger charge is -2.44. The summed E-state index contributed by atoms with van der Waals surface area (Å²) < 4.78 is 0.932. The number of nitrogens with one attached hydrogen (secondary N) is 1. The van der Waals surface area contributed by atoms with Gasteiger partial charge in [-0.25, -0.2) is 4.98 Å². The summed E-state index contributed by atoms with van der Waals surface area (Å²) in [7, 11) is 0. The Morgan fingerprint density at radius 2 is 2.23 bits per heavy atom. The Morgan fingerprint density at radius 1 is 1.41 bits per heavy atom. The number of aromatic nitrogens is 1. The van der Waals surface area contributed by atoms with Gasteiger partial charge in [0.25, 0.3) is 5.91 Å². The zero-order valence-corrected chi connectivity index (χ0v) is 12.9. The summed E-state index contributed by atoms with van der Waals surface area (Å²) >= 11 is 1.47. The number of pyridine rings is 1. The fourth-order valence-corrected chi connectivity index (χ4v) is 4.39. The molecule has 3 fully saturated rings. The number of rotatable bonds is 3. The molecular formula is C16H17N3O2S. The van der Waals surface area contributed by atoms with E-state index < -0.39 is 0 Å². The summed E-state index contributed by atoms with van der Waals surface area (Å²) in [5.74, 6) is 0.452. The van der Waals surface area contributed by atoms with E-state index in [4.69, 9.17) is 0 Å². The highest BCUT2D eigenvalue weighted by Crippen LogP contribution is 2.28. The third-order valence-corrected chi connectivity index (χ3v) is 5.77. The Labute approximate surface area is 132 Å². The summed E-state index contributed by atoms with van der Waals surface area (Å²) in [6, 6.07) is 1.95. The van der Waals surface area contributed by atoms with Crippen LogP contribution in [-0.4, -0.2) is 47.8 Å². The van der Waals surface area contributed by atoms with Crippen LogP contribution in [0.5, 0.6) is 0 Å². The second-order valence-electron chi connectivity index (χ2n) is 6.09. The van der Waals surface area contributed by atoms with Crippen LogP contribution in [0, 0.1) is 5.92 Å². The SMILES string of the molecule is O=Cc1csc2cnc(C(=O)N[C@H]3CN4CCC3CC4)cc12. The first-order valence-electron chi connectivity index (χ1n) is 7.60. The molecule has 2 bridgehead atoms. The molecule has 22 heavy (non-hydrogen) atoms. The van der Waals surface area contributed by atoms with Crippen molar-refractivity contribution < 1.29 is 9.59 Å². The number of piperidine rings is 3. The van der Waals surface area contributed by atoms with Crippen molar-refractivity contribution in [3.05, 3.63) is 28.9 Å². The van der Waals surface area contributed by atoms with E-state index in [0.717, 1.165) is 48.8 Å². The van der Waals surface area contributed by atoms with Crippen LogP contribution in [0.25, 0.3) is 10.1 Å². The highest BCUT2D eigenvalue weighted by molar-refractivity contribution is 7.17. The molecule has 3 aliphatic rings. The van der Waals surface area contributed by atoms with E-state index in [1.54, 1.807) is 17.6 Å². The lowest BCUT2D eigenvalue weighted by atomic mass is 9.84. The monoisotopic (exact) mass is 315 g/mol. The normalized spacial score (nSPS) is 27.0. The lowest BCUT2D eigenvalue weighted by Crippen LogP contribution is -2.57. The first kappa shape index (κ1) is 13.8. The fourth-order valence-electron chi connectivity index (χ4n) is 3.54. The number of aldehydes is 1. The summed E-state index contributed by atoms with van der Waals surface area (Å²) in [6.07, 6.45) is 4.83. The van der Waals surface area contributed by atoms with Gasteiger partial charge in [-0.2, -0.15) is 0 Å². The van der Waals surface area contributed by atoms with E-state index in [1.807, 2.05) is 0 Å². The summed E-state index contributed by atoms with van der Waals surface area (Å²) in [4.78, 5) is 30.2. The van der Waals surface area contributed by atoms with Gasteiger partial charge < -0.3 is 10.2 Å². The number of amides is 1. The van der Waals surface area contributed by atoms with Crippen molar-refractivity contribution in [1.29, 1.82) is 0 Å². The molecule has 1 atom stereocenters. The van der Waals surface area contributed by atoms with E-state index in [-0.39, 0.29) is 11.9 Å². The molecule has 0 radical (unpaired) electrons. The maximum absolute atomic E-state index is 12.5. The van der Waals surface area contributed by atoms with Gasteiger partial charge in [0.15, 0.2) is 6.29 Å². The number of thiophene rings is 1. The van der Waals surface area contributed by atoms with Crippen molar-refractivity contribution in [2.24, 2.45) is 5.92 Å². The maximum Gasteiger partial charge on any atom is 0.270 e. The first-order valence-corrected chi connectivity index (χ1v) is 8.48. The average molecular weight is 315 g/mol. The zero-order valence-electron chi connectivity index (χ0n) is 12.1. The quantitative estimate of drug-likeness (QED) is 0.879. The van der Waals surface area contributed by atoms with Crippen molar-refractivity contribution in [2.75, 3.05) is 19.6 Å². The van der Waals surface area contributed by atoms with E-state index in [1.165, 1.54) is 11.3 Å². The predicted molar refractivity (Wildman–Crippen MR) is 85.4 cm³/mol. The highest BCUT2D eigenvalue weighted by atomic mass is 32.1. The third kappa shape index (κ3) is 2.32. The lowest BCUT2D eigenvalue weighted by molar-refractivity contribution is 0.0618. The van der Waals surface area contributed by atoms with Crippen molar-refractivity contribution in [2.45, 2.75) is 18.9 Å². The number of hydrogen-bond donors (Lipinski definition) is 1. The van der Waals surface area contributed by atoms with E-state index in [2.05, 4.69) is 15.2 Å². The van der Waals surface area contributed by atoms with Gasteiger partial charge in [0.1, 0.15) is 5.69 Å².